The quantitative estimate of drug-likeness (QED) is 0.397. The standard InChI is InChI=1S/C27H29F3N4O4S/c1-27(7-8-27)18-38-25-24(17-31-34(26(25)35)23-15-21(29)14-22(30)16-23)32-9-11-33(12-10-32)39(36,37)13-6-19-2-4-20(28)5-3-19/h2-5,14-17H,6-13,18H2,1H3. The van der Waals surface area contributed by atoms with Crippen LogP contribution >= 0.6 is 0 Å². The lowest BCUT2D eigenvalue weighted by molar-refractivity contribution is 0.242. The first-order valence-electron chi connectivity index (χ1n) is 12.7. The smallest absolute Gasteiger partial charge is 0.316 e. The molecule has 208 valence electrons. The average Bonchev–Trinajstić information content (AvgIpc) is 3.64. The van der Waals surface area contributed by atoms with E-state index in [0.29, 0.717) is 31.5 Å². The van der Waals surface area contributed by atoms with Crippen molar-refractivity contribution in [2.45, 2.75) is 26.2 Å². The third-order valence-corrected chi connectivity index (χ3v) is 9.08. The minimum absolute atomic E-state index is 0.00964. The van der Waals surface area contributed by atoms with E-state index in [1.807, 2.05) is 11.8 Å². The van der Waals surface area contributed by atoms with E-state index in [2.05, 4.69) is 5.10 Å². The molecule has 2 heterocycles. The van der Waals surface area contributed by atoms with Crippen LogP contribution in [-0.4, -0.2) is 61.0 Å². The summed E-state index contributed by atoms with van der Waals surface area (Å²) in [4.78, 5) is 15.3. The largest absolute Gasteiger partial charge is 0.486 e. The molecule has 0 bridgehead atoms. The summed E-state index contributed by atoms with van der Waals surface area (Å²) in [6.45, 7) is 3.33. The maximum atomic E-state index is 13.8. The number of rotatable bonds is 9. The van der Waals surface area contributed by atoms with Gasteiger partial charge in [0, 0.05) is 37.7 Å². The van der Waals surface area contributed by atoms with E-state index >= 15 is 0 Å². The van der Waals surface area contributed by atoms with Crippen molar-refractivity contribution >= 4 is 15.7 Å². The molecule has 1 aliphatic carbocycles. The second kappa shape index (κ2) is 10.6. The van der Waals surface area contributed by atoms with E-state index < -0.39 is 27.2 Å². The molecule has 1 aromatic heterocycles. The van der Waals surface area contributed by atoms with Gasteiger partial charge in [-0.2, -0.15) is 14.1 Å². The number of nitrogens with zero attached hydrogens (tertiary/aromatic N) is 4. The van der Waals surface area contributed by atoms with Crippen LogP contribution < -0.4 is 15.2 Å². The van der Waals surface area contributed by atoms with Crippen LogP contribution in [0.1, 0.15) is 25.3 Å². The van der Waals surface area contributed by atoms with Gasteiger partial charge in [0.2, 0.25) is 15.8 Å². The monoisotopic (exact) mass is 562 g/mol. The second-order valence-electron chi connectivity index (χ2n) is 10.4. The predicted octanol–water partition coefficient (Wildman–Crippen LogP) is 3.52. The number of aryl methyl sites for hydroxylation is 1. The Labute approximate surface area is 224 Å². The van der Waals surface area contributed by atoms with E-state index in [9.17, 15) is 26.4 Å². The van der Waals surface area contributed by atoms with Crippen LogP contribution in [0.15, 0.2) is 53.5 Å². The minimum Gasteiger partial charge on any atom is -0.486 e. The SMILES string of the molecule is CC1(COc2c(N3CCN(S(=O)(=O)CCc4ccc(F)cc4)CC3)cnn(-c3cc(F)cc(F)c3)c2=O)CC1. The molecule has 5 rings (SSSR count). The maximum Gasteiger partial charge on any atom is 0.316 e. The molecule has 0 N–H and O–H groups in total. The molecule has 2 aromatic carbocycles. The van der Waals surface area contributed by atoms with Gasteiger partial charge >= 0.3 is 5.56 Å². The lowest BCUT2D eigenvalue weighted by atomic mass is 10.2. The van der Waals surface area contributed by atoms with Crippen LogP contribution in [0.25, 0.3) is 5.69 Å². The van der Waals surface area contributed by atoms with Crippen molar-refractivity contribution < 1.29 is 26.3 Å². The van der Waals surface area contributed by atoms with Crippen LogP contribution in [0.2, 0.25) is 0 Å². The predicted molar refractivity (Wildman–Crippen MR) is 140 cm³/mol. The van der Waals surface area contributed by atoms with Crippen molar-refractivity contribution in [3.63, 3.8) is 0 Å². The molecule has 0 radical (unpaired) electrons. The number of hydrogen-bond acceptors (Lipinski definition) is 6. The molecule has 2 aliphatic rings. The molecule has 3 aromatic rings. The molecule has 1 aliphatic heterocycles. The van der Waals surface area contributed by atoms with Gasteiger partial charge in [0.1, 0.15) is 23.1 Å². The fourth-order valence-electron chi connectivity index (χ4n) is 4.47. The zero-order valence-electron chi connectivity index (χ0n) is 21.4. The first-order valence-corrected chi connectivity index (χ1v) is 14.3. The molecule has 1 saturated heterocycles. The van der Waals surface area contributed by atoms with Gasteiger partial charge in [0.05, 0.1) is 24.2 Å². The maximum absolute atomic E-state index is 13.8. The molecule has 0 amide bonds. The molecule has 1 saturated carbocycles. The highest BCUT2D eigenvalue weighted by Gasteiger charge is 2.39. The summed E-state index contributed by atoms with van der Waals surface area (Å²) in [6.07, 6.45) is 3.60. The first-order chi connectivity index (χ1) is 18.5. The van der Waals surface area contributed by atoms with Crippen molar-refractivity contribution in [2.24, 2.45) is 5.41 Å². The van der Waals surface area contributed by atoms with E-state index in [-0.39, 0.29) is 47.9 Å². The summed E-state index contributed by atoms with van der Waals surface area (Å²) in [7, 11) is -3.56. The number of piperazine rings is 1. The molecular weight excluding hydrogens is 533 g/mol. The number of ether oxygens (including phenoxy) is 1. The van der Waals surface area contributed by atoms with E-state index in [0.717, 1.165) is 35.2 Å². The molecule has 0 spiro atoms. The van der Waals surface area contributed by atoms with Gasteiger partial charge in [-0.05, 0) is 49.1 Å². The average molecular weight is 563 g/mol. The number of aromatic nitrogens is 2. The normalized spacial score (nSPS) is 17.3. The van der Waals surface area contributed by atoms with Gasteiger partial charge in [0.25, 0.3) is 0 Å². The Morgan fingerprint density at radius 1 is 0.949 bits per heavy atom. The van der Waals surface area contributed by atoms with Crippen molar-refractivity contribution in [3.8, 4) is 11.4 Å². The number of sulfonamides is 1. The number of halogens is 3. The van der Waals surface area contributed by atoms with Crippen LogP contribution in [0, 0.1) is 22.9 Å². The Kier molecular flexibility index (Phi) is 7.43. The summed E-state index contributed by atoms with van der Waals surface area (Å²) in [5.74, 6) is -2.15. The van der Waals surface area contributed by atoms with Crippen molar-refractivity contribution in [1.29, 1.82) is 0 Å². The Morgan fingerprint density at radius 2 is 1.59 bits per heavy atom. The minimum atomic E-state index is -3.56. The lowest BCUT2D eigenvalue weighted by Gasteiger charge is -2.35. The number of benzene rings is 2. The second-order valence-corrected chi connectivity index (χ2v) is 12.5. The molecule has 39 heavy (non-hydrogen) atoms. The number of hydrogen-bond donors (Lipinski definition) is 0. The molecular formula is C27H29F3N4O4S. The zero-order chi connectivity index (χ0) is 27.8. The summed E-state index contributed by atoms with van der Waals surface area (Å²) < 4.78 is 75.0. The fourth-order valence-corrected chi connectivity index (χ4v) is 5.95. The van der Waals surface area contributed by atoms with Gasteiger partial charge in [-0.15, -0.1) is 0 Å². The van der Waals surface area contributed by atoms with Gasteiger partial charge in [0.15, 0.2) is 0 Å². The third kappa shape index (κ3) is 6.27. The van der Waals surface area contributed by atoms with Crippen molar-refractivity contribution in [1.82, 2.24) is 14.1 Å². The number of anilines is 1. The molecule has 0 unspecified atom stereocenters. The van der Waals surface area contributed by atoms with Crippen LogP contribution in [0.5, 0.6) is 5.75 Å². The molecule has 0 atom stereocenters. The Bertz CT molecular complexity index is 1500. The molecule has 8 nitrogen and oxygen atoms in total. The van der Waals surface area contributed by atoms with E-state index in [1.165, 1.54) is 22.6 Å². The summed E-state index contributed by atoms with van der Waals surface area (Å²) in [5, 5.41) is 4.15. The van der Waals surface area contributed by atoms with Gasteiger partial charge in [-0.1, -0.05) is 19.1 Å². The molecule has 12 heteroatoms. The highest BCUT2D eigenvalue weighted by Crippen LogP contribution is 2.45. The highest BCUT2D eigenvalue weighted by atomic mass is 32.2. The molecule has 2 fully saturated rings. The summed E-state index contributed by atoms with van der Waals surface area (Å²) in [5.41, 5.74) is 0.370. The van der Waals surface area contributed by atoms with Crippen LogP contribution in [-0.2, 0) is 16.4 Å². The van der Waals surface area contributed by atoms with E-state index in [4.69, 9.17) is 4.74 Å². The highest BCUT2D eigenvalue weighted by molar-refractivity contribution is 7.89. The first kappa shape index (κ1) is 27.2. The Morgan fingerprint density at radius 3 is 2.21 bits per heavy atom. The fraction of sp³-hybridized carbons (Fsp3) is 0.407. The third-order valence-electron chi connectivity index (χ3n) is 7.21. The van der Waals surface area contributed by atoms with Gasteiger partial charge in [-0.3, -0.25) is 4.79 Å². The lowest BCUT2D eigenvalue weighted by Crippen LogP contribution is -2.50. The van der Waals surface area contributed by atoms with E-state index in [1.54, 1.807) is 12.1 Å². The Balaban J connectivity index is 1.33. The topological polar surface area (TPSA) is 84.7 Å². The summed E-state index contributed by atoms with van der Waals surface area (Å²) in [6, 6.07) is 8.48. The van der Waals surface area contributed by atoms with Crippen molar-refractivity contribution in [3.05, 3.63) is 82.0 Å². The van der Waals surface area contributed by atoms with Crippen molar-refractivity contribution in [2.75, 3.05) is 43.4 Å². The van der Waals surface area contributed by atoms with Crippen LogP contribution in [0.3, 0.4) is 0 Å². The van der Waals surface area contributed by atoms with Crippen LogP contribution in [0.4, 0.5) is 18.9 Å². The van der Waals surface area contributed by atoms with Gasteiger partial charge in [-0.25, -0.2) is 21.6 Å². The van der Waals surface area contributed by atoms with Gasteiger partial charge < -0.3 is 9.64 Å². The Hall–Kier alpha value is -3.38. The zero-order valence-corrected chi connectivity index (χ0v) is 22.3. The summed E-state index contributed by atoms with van der Waals surface area (Å²) >= 11 is 0.